The van der Waals surface area contributed by atoms with Gasteiger partial charge in [-0.25, -0.2) is 4.79 Å². The van der Waals surface area contributed by atoms with E-state index in [1.165, 1.54) is 0 Å². The molecule has 0 bridgehead atoms. The average molecular weight is 293 g/mol. The van der Waals surface area contributed by atoms with Gasteiger partial charge in [-0.2, -0.15) is 11.8 Å². The first-order chi connectivity index (χ1) is 9.57. The van der Waals surface area contributed by atoms with Crippen molar-refractivity contribution in [2.75, 3.05) is 6.26 Å². The maximum atomic E-state index is 12.2. The van der Waals surface area contributed by atoms with E-state index in [4.69, 9.17) is 0 Å². The van der Waals surface area contributed by atoms with Crippen LogP contribution in [0.25, 0.3) is 0 Å². The molecule has 0 unspecified atom stereocenters. The summed E-state index contributed by atoms with van der Waals surface area (Å²) in [4.78, 5) is 23.6. The zero-order valence-corrected chi connectivity index (χ0v) is 12.3. The van der Waals surface area contributed by atoms with Crippen LogP contribution in [-0.2, 0) is 10.5 Å². The van der Waals surface area contributed by atoms with E-state index >= 15 is 0 Å². The smallest absolute Gasteiger partial charge is 0.329 e. The fraction of sp³-hybridized carbons (Fsp3) is 0.467. The monoisotopic (exact) mass is 293 g/mol. The molecular formula is C15H19NO3S. The zero-order valence-electron chi connectivity index (χ0n) is 11.5. The van der Waals surface area contributed by atoms with Gasteiger partial charge in [0.1, 0.15) is 5.54 Å². The van der Waals surface area contributed by atoms with Crippen LogP contribution >= 0.6 is 11.8 Å². The molecule has 0 radical (unpaired) electrons. The quantitative estimate of drug-likeness (QED) is 0.876. The molecule has 0 spiro atoms. The van der Waals surface area contributed by atoms with E-state index in [1.807, 2.05) is 18.4 Å². The summed E-state index contributed by atoms with van der Waals surface area (Å²) in [6, 6.07) is 7.33. The van der Waals surface area contributed by atoms with E-state index in [9.17, 15) is 14.7 Å². The highest BCUT2D eigenvalue weighted by atomic mass is 32.2. The van der Waals surface area contributed by atoms with E-state index in [0.717, 1.165) is 24.2 Å². The average Bonchev–Trinajstić information content (AvgIpc) is 2.90. The highest BCUT2D eigenvalue weighted by molar-refractivity contribution is 7.97. The van der Waals surface area contributed by atoms with Gasteiger partial charge in [0.05, 0.1) is 0 Å². The van der Waals surface area contributed by atoms with E-state index in [1.54, 1.807) is 23.9 Å². The van der Waals surface area contributed by atoms with Crippen LogP contribution in [-0.4, -0.2) is 28.8 Å². The Bertz CT molecular complexity index is 492. The van der Waals surface area contributed by atoms with Crippen LogP contribution in [0.3, 0.4) is 0 Å². The third-order valence-electron chi connectivity index (χ3n) is 3.75. The minimum absolute atomic E-state index is 0.301. The Morgan fingerprint density at radius 2 is 1.85 bits per heavy atom. The van der Waals surface area contributed by atoms with Gasteiger partial charge in [0, 0.05) is 11.3 Å². The van der Waals surface area contributed by atoms with Crippen molar-refractivity contribution in [2.45, 2.75) is 37.0 Å². The number of hydrogen-bond donors (Lipinski definition) is 2. The number of benzene rings is 1. The molecule has 1 saturated carbocycles. The second-order valence-corrected chi connectivity index (χ2v) is 6.04. The molecule has 0 aromatic heterocycles. The second-order valence-electron chi connectivity index (χ2n) is 5.18. The fourth-order valence-electron chi connectivity index (χ4n) is 2.58. The molecular weight excluding hydrogens is 274 g/mol. The number of nitrogens with one attached hydrogen (secondary N) is 1. The van der Waals surface area contributed by atoms with Gasteiger partial charge in [-0.05, 0) is 36.8 Å². The Hall–Kier alpha value is -1.49. The first-order valence-electron chi connectivity index (χ1n) is 6.71. The summed E-state index contributed by atoms with van der Waals surface area (Å²) in [5, 5.41) is 12.1. The van der Waals surface area contributed by atoms with Crippen LogP contribution in [0.2, 0.25) is 0 Å². The van der Waals surface area contributed by atoms with Crippen LogP contribution in [0.15, 0.2) is 24.3 Å². The lowest BCUT2D eigenvalue weighted by Crippen LogP contribution is -2.52. The molecule has 20 heavy (non-hydrogen) atoms. The fourth-order valence-corrected chi connectivity index (χ4v) is 3.11. The third-order valence-corrected chi connectivity index (χ3v) is 4.37. The van der Waals surface area contributed by atoms with Gasteiger partial charge in [0.25, 0.3) is 5.91 Å². The molecule has 5 heteroatoms. The van der Waals surface area contributed by atoms with Crippen molar-refractivity contribution in [1.82, 2.24) is 5.32 Å². The molecule has 4 nitrogen and oxygen atoms in total. The molecule has 0 saturated heterocycles. The minimum Gasteiger partial charge on any atom is -0.480 e. The highest BCUT2D eigenvalue weighted by Crippen LogP contribution is 2.30. The van der Waals surface area contributed by atoms with Crippen LogP contribution in [0.1, 0.15) is 41.6 Å². The van der Waals surface area contributed by atoms with Gasteiger partial charge in [-0.15, -0.1) is 0 Å². The number of carbonyl (C=O) groups excluding carboxylic acids is 1. The van der Waals surface area contributed by atoms with Crippen molar-refractivity contribution >= 4 is 23.6 Å². The molecule has 1 aromatic carbocycles. The van der Waals surface area contributed by atoms with Crippen LogP contribution in [0.4, 0.5) is 0 Å². The van der Waals surface area contributed by atoms with Gasteiger partial charge in [-0.1, -0.05) is 25.0 Å². The Kier molecular flexibility index (Phi) is 4.70. The van der Waals surface area contributed by atoms with Gasteiger partial charge < -0.3 is 10.4 Å². The number of carbonyl (C=O) groups is 2. The van der Waals surface area contributed by atoms with Gasteiger partial charge in [0.2, 0.25) is 0 Å². The lowest BCUT2D eigenvalue weighted by Gasteiger charge is -2.25. The van der Waals surface area contributed by atoms with Crippen LogP contribution in [0.5, 0.6) is 0 Å². The molecule has 1 fully saturated rings. The third kappa shape index (κ3) is 3.15. The minimum atomic E-state index is -1.07. The van der Waals surface area contributed by atoms with E-state index < -0.39 is 11.5 Å². The van der Waals surface area contributed by atoms with Gasteiger partial charge in [0.15, 0.2) is 0 Å². The molecule has 2 rings (SSSR count). The maximum absolute atomic E-state index is 12.2. The Morgan fingerprint density at radius 1 is 1.25 bits per heavy atom. The summed E-state index contributed by atoms with van der Waals surface area (Å²) in [6.45, 7) is 0. The molecule has 0 aliphatic heterocycles. The number of hydrogen-bond acceptors (Lipinski definition) is 3. The van der Waals surface area contributed by atoms with Crippen molar-refractivity contribution in [1.29, 1.82) is 0 Å². The number of carboxylic acid groups (broad SMARTS) is 1. The predicted octanol–water partition coefficient (Wildman–Crippen LogP) is 2.68. The highest BCUT2D eigenvalue weighted by Gasteiger charge is 2.42. The van der Waals surface area contributed by atoms with E-state index in [2.05, 4.69) is 5.32 Å². The molecule has 2 N–H and O–H groups in total. The number of carboxylic acids is 1. The molecule has 1 aromatic rings. The van der Waals surface area contributed by atoms with Crippen molar-refractivity contribution < 1.29 is 14.7 Å². The summed E-state index contributed by atoms with van der Waals surface area (Å²) in [5.74, 6) is -0.326. The summed E-state index contributed by atoms with van der Waals surface area (Å²) in [7, 11) is 0. The molecule has 1 aliphatic rings. The zero-order chi connectivity index (χ0) is 14.6. The normalized spacial score (nSPS) is 16.9. The summed E-state index contributed by atoms with van der Waals surface area (Å²) < 4.78 is 0. The largest absolute Gasteiger partial charge is 0.480 e. The van der Waals surface area contributed by atoms with E-state index in [0.29, 0.717) is 18.4 Å². The first kappa shape index (κ1) is 14.9. The lowest BCUT2D eigenvalue weighted by atomic mass is 9.97. The topological polar surface area (TPSA) is 66.4 Å². The van der Waals surface area contributed by atoms with Crippen molar-refractivity contribution in [3.8, 4) is 0 Å². The number of rotatable bonds is 5. The van der Waals surface area contributed by atoms with Crippen molar-refractivity contribution in [3.05, 3.63) is 35.4 Å². The van der Waals surface area contributed by atoms with E-state index in [-0.39, 0.29) is 5.91 Å². The SMILES string of the molecule is CSCc1ccc(C(=O)NC2(C(=O)O)CCCC2)cc1. The Balaban J connectivity index is 2.09. The molecule has 0 heterocycles. The molecule has 1 amide bonds. The maximum Gasteiger partial charge on any atom is 0.329 e. The second kappa shape index (κ2) is 6.31. The van der Waals surface area contributed by atoms with Gasteiger partial charge in [-0.3, -0.25) is 4.79 Å². The van der Waals surface area contributed by atoms with Crippen molar-refractivity contribution in [2.24, 2.45) is 0 Å². The molecule has 0 atom stereocenters. The first-order valence-corrected chi connectivity index (χ1v) is 8.10. The molecule has 1 aliphatic carbocycles. The van der Waals surface area contributed by atoms with Crippen LogP contribution < -0.4 is 5.32 Å². The summed E-state index contributed by atoms with van der Waals surface area (Å²) in [6.07, 6.45) is 4.74. The summed E-state index contributed by atoms with van der Waals surface area (Å²) in [5.41, 5.74) is 0.597. The van der Waals surface area contributed by atoms with Crippen molar-refractivity contribution in [3.63, 3.8) is 0 Å². The Labute approximate surface area is 123 Å². The predicted molar refractivity (Wildman–Crippen MR) is 80.0 cm³/mol. The number of amides is 1. The molecule has 108 valence electrons. The Morgan fingerprint density at radius 3 is 2.35 bits per heavy atom. The lowest BCUT2D eigenvalue weighted by molar-refractivity contribution is -0.144. The number of thioether (sulfide) groups is 1. The van der Waals surface area contributed by atoms with Crippen LogP contribution in [0, 0.1) is 0 Å². The van der Waals surface area contributed by atoms with Gasteiger partial charge >= 0.3 is 5.97 Å². The summed E-state index contributed by atoms with van der Waals surface area (Å²) >= 11 is 1.72. The standard InChI is InChI=1S/C15H19NO3S/c1-20-10-11-4-6-12(7-5-11)13(17)16-15(14(18)19)8-2-3-9-15/h4-7H,2-3,8-10H2,1H3,(H,16,17)(H,18,19). The number of aliphatic carboxylic acids is 1.